The Hall–Kier alpha value is -0.930. The van der Waals surface area contributed by atoms with Crippen molar-refractivity contribution in [3.63, 3.8) is 0 Å². The lowest BCUT2D eigenvalue weighted by Crippen LogP contribution is -2.44. The lowest BCUT2D eigenvalue weighted by atomic mass is 10.1. The van der Waals surface area contributed by atoms with Gasteiger partial charge in [-0.3, -0.25) is 10.1 Å². The summed E-state index contributed by atoms with van der Waals surface area (Å²) in [5.41, 5.74) is -0.0332. The van der Waals surface area contributed by atoms with Crippen LogP contribution < -0.4 is 4.72 Å². The molecule has 0 atom stereocenters. The number of halogens is 2. The fraction of sp³-hybridized carbons (Fsp3) is 0.600. The van der Waals surface area contributed by atoms with Gasteiger partial charge in [0, 0.05) is 17.7 Å². The summed E-state index contributed by atoms with van der Waals surface area (Å²) in [7, 11) is -3.84. The van der Waals surface area contributed by atoms with Gasteiger partial charge in [0.25, 0.3) is 5.69 Å². The largest absolute Gasteiger partial charge is 0.303 e. The number of piperidine rings is 1. The summed E-state index contributed by atoms with van der Waals surface area (Å²) >= 11 is 5.96. The van der Waals surface area contributed by atoms with E-state index in [1.165, 1.54) is 13.0 Å². The van der Waals surface area contributed by atoms with Crippen molar-refractivity contribution in [1.29, 1.82) is 0 Å². The van der Waals surface area contributed by atoms with Gasteiger partial charge in [0.2, 0.25) is 10.0 Å². The maximum absolute atomic E-state index is 12.5. The number of nitro groups is 1. The minimum absolute atomic E-state index is 0. The molecule has 2 rings (SSSR count). The van der Waals surface area contributed by atoms with Crippen molar-refractivity contribution < 1.29 is 13.3 Å². The molecule has 0 amide bonds. The van der Waals surface area contributed by atoms with Crippen molar-refractivity contribution in [2.24, 2.45) is 0 Å². The number of hydrogen-bond donors (Lipinski definition) is 1. The van der Waals surface area contributed by atoms with E-state index in [0.717, 1.165) is 45.0 Å². The second-order valence-electron chi connectivity index (χ2n) is 6.04. The Bertz CT molecular complexity index is 720. The highest BCUT2D eigenvalue weighted by Gasteiger charge is 2.27. The van der Waals surface area contributed by atoms with E-state index in [-0.39, 0.29) is 39.6 Å². The monoisotopic (exact) mass is 411 g/mol. The van der Waals surface area contributed by atoms with Crippen LogP contribution in [0.4, 0.5) is 5.69 Å². The van der Waals surface area contributed by atoms with Gasteiger partial charge in [-0.2, -0.15) is 0 Å². The molecule has 7 nitrogen and oxygen atoms in total. The van der Waals surface area contributed by atoms with E-state index >= 15 is 0 Å². The number of nitrogens with one attached hydrogen (secondary N) is 1. The number of hydrogen-bond acceptors (Lipinski definition) is 5. The van der Waals surface area contributed by atoms with Crippen molar-refractivity contribution in [3.8, 4) is 0 Å². The van der Waals surface area contributed by atoms with E-state index in [2.05, 4.69) is 16.5 Å². The molecule has 1 aliphatic rings. The zero-order chi connectivity index (χ0) is 17.9. The average Bonchev–Trinajstić information content (AvgIpc) is 2.51. The number of rotatable bonds is 6. The van der Waals surface area contributed by atoms with E-state index in [9.17, 15) is 18.5 Å². The first-order chi connectivity index (χ1) is 11.2. The smallest absolute Gasteiger partial charge is 0.275 e. The summed E-state index contributed by atoms with van der Waals surface area (Å²) in [5.74, 6) is 0. The van der Waals surface area contributed by atoms with Gasteiger partial charge in [-0.05, 0) is 51.9 Å². The standard InChI is InChI=1S/C15H22ClN3O4S.ClH/c1-3-6-18-7-4-12(5-8-18)17-24(22,23)13-9-14(16)11(2)15(10-13)19(20)21;/h9-10,12,17H,3-8H2,1-2H3;1H. The molecule has 142 valence electrons. The van der Waals surface area contributed by atoms with Crippen LogP contribution in [0.3, 0.4) is 0 Å². The highest BCUT2D eigenvalue weighted by Crippen LogP contribution is 2.29. The van der Waals surface area contributed by atoms with Gasteiger partial charge in [-0.15, -0.1) is 12.4 Å². The second kappa shape index (κ2) is 9.14. The Morgan fingerprint density at radius 2 is 1.96 bits per heavy atom. The van der Waals surface area contributed by atoms with E-state index in [4.69, 9.17) is 11.6 Å². The molecule has 0 spiro atoms. The third-order valence-electron chi connectivity index (χ3n) is 4.25. The maximum Gasteiger partial charge on any atom is 0.275 e. The molecule has 1 aromatic carbocycles. The van der Waals surface area contributed by atoms with Gasteiger partial charge in [0.1, 0.15) is 0 Å². The van der Waals surface area contributed by atoms with Crippen LogP contribution in [0.5, 0.6) is 0 Å². The summed E-state index contributed by atoms with van der Waals surface area (Å²) in [6, 6.07) is 2.16. The number of nitrogens with zero attached hydrogens (tertiary/aromatic N) is 2. The predicted molar refractivity (Wildman–Crippen MR) is 100 cm³/mol. The van der Waals surface area contributed by atoms with Crippen molar-refractivity contribution in [1.82, 2.24) is 9.62 Å². The third-order valence-corrected chi connectivity index (χ3v) is 6.14. The van der Waals surface area contributed by atoms with Crippen LogP contribution >= 0.6 is 24.0 Å². The molecular weight excluding hydrogens is 389 g/mol. The van der Waals surface area contributed by atoms with Crippen LogP contribution in [0.25, 0.3) is 0 Å². The van der Waals surface area contributed by atoms with Crippen LogP contribution in [-0.2, 0) is 10.0 Å². The fourth-order valence-electron chi connectivity index (χ4n) is 2.86. The summed E-state index contributed by atoms with van der Waals surface area (Å²) < 4.78 is 27.7. The molecule has 0 saturated carbocycles. The molecule has 0 unspecified atom stereocenters. The topological polar surface area (TPSA) is 92.6 Å². The Morgan fingerprint density at radius 3 is 2.48 bits per heavy atom. The van der Waals surface area contributed by atoms with Crippen LogP contribution in [0.2, 0.25) is 5.02 Å². The second-order valence-corrected chi connectivity index (χ2v) is 8.16. The first-order valence-corrected chi connectivity index (χ1v) is 9.80. The van der Waals surface area contributed by atoms with E-state index in [1.807, 2.05) is 0 Å². The molecule has 25 heavy (non-hydrogen) atoms. The normalized spacial score (nSPS) is 16.4. The molecule has 1 aromatic rings. The van der Waals surface area contributed by atoms with Crippen molar-refractivity contribution in [2.75, 3.05) is 19.6 Å². The van der Waals surface area contributed by atoms with Gasteiger partial charge in [0.05, 0.1) is 14.8 Å². The number of nitro benzene ring substituents is 1. The maximum atomic E-state index is 12.5. The van der Waals surface area contributed by atoms with Crippen LogP contribution in [0.15, 0.2) is 17.0 Å². The molecule has 0 bridgehead atoms. The minimum Gasteiger partial charge on any atom is -0.303 e. The zero-order valence-electron chi connectivity index (χ0n) is 14.2. The lowest BCUT2D eigenvalue weighted by Gasteiger charge is -2.31. The molecule has 1 aliphatic heterocycles. The van der Waals surface area contributed by atoms with Gasteiger partial charge in [0.15, 0.2) is 0 Å². The zero-order valence-corrected chi connectivity index (χ0v) is 16.6. The van der Waals surface area contributed by atoms with Gasteiger partial charge in [-0.1, -0.05) is 18.5 Å². The Morgan fingerprint density at radius 1 is 1.36 bits per heavy atom. The average molecular weight is 412 g/mol. The van der Waals surface area contributed by atoms with Crippen LogP contribution in [0, 0.1) is 17.0 Å². The molecule has 1 heterocycles. The fourth-order valence-corrected chi connectivity index (χ4v) is 4.49. The first-order valence-electron chi connectivity index (χ1n) is 7.93. The highest BCUT2D eigenvalue weighted by molar-refractivity contribution is 7.89. The lowest BCUT2D eigenvalue weighted by molar-refractivity contribution is -0.385. The molecule has 0 aromatic heterocycles. The summed E-state index contributed by atoms with van der Waals surface area (Å²) in [6.07, 6.45) is 2.52. The van der Waals surface area contributed by atoms with E-state index in [1.54, 1.807) is 0 Å². The molecule has 1 fully saturated rings. The SMILES string of the molecule is CCCN1CCC(NS(=O)(=O)c2cc(Cl)c(C)c([N+](=O)[O-])c2)CC1.Cl. The molecule has 1 saturated heterocycles. The summed E-state index contributed by atoms with van der Waals surface area (Å²) in [4.78, 5) is 12.6. The van der Waals surface area contributed by atoms with Crippen LogP contribution in [-0.4, -0.2) is 43.9 Å². The quantitative estimate of drug-likeness (QED) is 0.573. The minimum atomic E-state index is -3.84. The number of likely N-dealkylation sites (tertiary alicyclic amines) is 1. The predicted octanol–water partition coefficient (Wildman–Crippen LogP) is 3.13. The summed E-state index contributed by atoms with van der Waals surface area (Å²) in [6.45, 7) is 6.31. The van der Waals surface area contributed by atoms with Gasteiger partial charge < -0.3 is 4.90 Å². The Balaban J connectivity index is 0.00000312. The first kappa shape index (κ1) is 22.1. The van der Waals surface area contributed by atoms with Gasteiger partial charge in [-0.25, -0.2) is 13.1 Å². The van der Waals surface area contributed by atoms with Gasteiger partial charge >= 0.3 is 0 Å². The Kier molecular flexibility index (Phi) is 8.08. The molecule has 10 heteroatoms. The van der Waals surface area contributed by atoms with Crippen molar-refractivity contribution in [3.05, 3.63) is 32.8 Å². The van der Waals surface area contributed by atoms with Crippen LogP contribution in [0.1, 0.15) is 31.7 Å². The van der Waals surface area contributed by atoms with E-state index in [0.29, 0.717) is 0 Å². The molecular formula is C15H23Cl2N3O4S. The number of sulfonamides is 1. The molecule has 0 radical (unpaired) electrons. The van der Waals surface area contributed by atoms with Crippen molar-refractivity contribution in [2.45, 2.75) is 44.0 Å². The van der Waals surface area contributed by atoms with E-state index < -0.39 is 14.9 Å². The Labute approximate surface area is 159 Å². The number of benzene rings is 1. The third kappa shape index (κ3) is 5.52. The molecule has 1 N–H and O–H groups in total. The highest BCUT2D eigenvalue weighted by atomic mass is 35.5. The molecule has 0 aliphatic carbocycles. The van der Waals surface area contributed by atoms with Crippen molar-refractivity contribution >= 4 is 39.7 Å². The summed E-state index contributed by atoms with van der Waals surface area (Å²) in [5, 5.41) is 11.1.